The minimum Gasteiger partial charge on any atom is -0.282 e. The third kappa shape index (κ3) is 2.03. The number of halogens is 1. The van der Waals surface area contributed by atoms with Gasteiger partial charge in [0.25, 0.3) is 10.1 Å². The van der Waals surface area contributed by atoms with E-state index in [1.807, 2.05) is 0 Å². The van der Waals surface area contributed by atoms with E-state index < -0.39 is 31.4 Å². The van der Waals surface area contributed by atoms with Crippen LogP contribution in [0, 0.1) is 15.9 Å². The normalized spacial score (nSPS) is 11.3. The number of nitrogens with zero attached hydrogens (tertiary/aromatic N) is 1. The van der Waals surface area contributed by atoms with Crippen LogP contribution in [-0.2, 0) is 10.1 Å². The van der Waals surface area contributed by atoms with E-state index in [1.165, 1.54) is 0 Å². The van der Waals surface area contributed by atoms with Crippen molar-refractivity contribution >= 4 is 15.8 Å². The highest BCUT2D eigenvalue weighted by molar-refractivity contribution is 7.85. The molecule has 0 heterocycles. The summed E-state index contributed by atoms with van der Waals surface area (Å²) in [5.74, 6) is -1.31. The summed E-state index contributed by atoms with van der Waals surface area (Å²) in [6.45, 7) is 0. The van der Waals surface area contributed by atoms with E-state index >= 15 is 0 Å². The lowest BCUT2D eigenvalue weighted by molar-refractivity contribution is -0.387. The van der Waals surface area contributed by atoms with Crippen LogP contribution < -0.4 is 0 Å². The van der Waals surface area contributed by atoms with Crippen LogP contribution in [0.25, 0.3) is 0 Å². The van der Waals surface area contributed by atoms with Crippen LogP contribution in [0.4, 0.5) is 10.1 Å². The molecule has 0 fully saturated rings. The van der Waals surface area contributed by atoms with Crippen molar-refractivity contribution in [1.29, 1.82) is 0 Å². The Labute approximate surface area is 77.9 Å². The second-order valence-corrected chi connectivity index (χ2v) is 3.77. The van der Waals surface area contributed by atoms with Crippen molar-refractivity contribution in [2.45, 2.75) is 4.90 Å². The first-order chi connectivity index (χ1) is 6.32. The maximum atomic E-state index is 12.8. The Morgan fingerprint density at radius 3 is 2.36 bits per heavy atom. The van der Waals surface area contributed by atoms with Gasteiger partial charge >= 0.3 is 5.69 Å². The van der Waals surface area contributed by atoms with Gasteiger partial charge in [0.15, 0.2) is 0 Å². The molecule has 0 aliphatic heterocycles. The number of hydrogen-bond acceptors (Lipinski definition) is 4. The Morgan fingerprint density at radius 2 is 2.00 bits per heavy atom. The first-order valence-electron chi connectivity index (χ1n) is 3.24. The van der Waals surface area contributed by atoms with Crippen LogP contribution in [0.3, 0.4) is 0 Å². The first-order valence-corrected chi connectivity index (χ1v) is 4.68. The van der Waals surface area contributed by atoms with E-state index in [0.29, 0.717) is 12.1 Å². The predicted molar refractivity (Wildman–Crippen MR) is 42.9 cm³/mol. The van der Waals surface area contributed by atoms with Crippen LogP contribution in [0.5, 0.6) is 0 Å². The second-order valence-electron chi connectivity index (χ2n) is 2.35. The molecule has 0 spiro atoms. The lowest BCUT2D eigenvalue weighted by atomic mass is 10.3. The molecule has 0 saturated heterocycles. The highest BCUT2D eigenvalue weighted by Crippen LogP contribution is 2.20. The van der Waals surface area contributed by atoms with Gasteiger partial charge in [-0.3, -0.25) is 14.7 Å². The highest BCUT2D eigenvalue weighted by Gasteiger charge is 2.18. The van der Waals surface area contributed by atoms with Crippen molar-refractivity contribution in [2.75, 3.05) is 0 Å². The third-order valence-electron chi connectivity index (χ3n) is 1.41. The van der Waals surface area contributed by atoms with Gasteiger partial charge in [-0.05, 0) is 6.07 Å². The molecule has 1 N–H and O–H groups in total. The van der Waals surface area contributed by atoms with Gasteiger partial charge in [-0.15, -0.1) is 0 Å². The Morgan fingerprint density at radius 1 is 1.43 bits per heavy atom. The molecule has 0 aliphatic rings. The number of hydrogen-bond donors (Lipinski definition) is 1. The quantitative estimate of drug-likeness (QED) is 0.456. The third-order valence-corrected chi connectivity index (χ3v) is 2.26. The van der Waals surface area contributed by atoms with E-state index in [1.54, 1.807) is 0 Å². The molecule has 76 valence electrons. The summed E-state index contributed by atoms with van der Waals surface area (Å²) in [4.78, 5) is 8.42. The summed E-state index contributed by atoms with van der Waals surface area (Å²) < 4.78 is 42.3. The van der Waals surface area contributed by atoms with Gasteiger partial charge < -0.3 is 0 Å². The predicted octanol–water partition coefficient (Wildman–Crippen LogP) is 0.981. The standard InChI is InChI=1S/C6H4FNO5S/c7-5-3-4(14(11,12)13)1-2-6(5)8(9)10/h1-3H,(H,11,12,13). The summed E-state index contributed by atoms with van der Waals surface area (Å²) >= 11 is 0. The topological polar surface area (TPSA) is 97.5 Å². The maximum absolute atomic E-state index is 12.8. The zero-order valence-corrected chi connectivity index (χ0v) is 7.36. The molecule has 0 radical (unpaired) electrons. The fourth-order valence-corrected chi connectivity index (χ4v) is 1.29. The molecule has 14 heavy (non-hydrogen) atoms. The van der Waals surface area contributed by atoms with E-state index in [2.05, 4.69) is 0 Å². The first kappa shape index (κ1) is 10.5. The summed E-state index contributed by atoms with van der Waals surface area (Å²) in [5.41, 5.74) is -0.850. The highest BCUT2D eigenvalue weighted by atomic mass is 32.2. The monoisotopic (exact) mass is 221 g/mol. The molecule has 0 atom stereocenters. The van der Waals surface area contributed by atoms with Crippen LogP contribution in [0.1, 0.15) is 0 Å². The van der Waals surface area contributed by atoms with E-state index in [4.69, 9.17) is 4.55 Å². The molecule has 1 aromatic carbocycles. The van der Waals surface area contributed by atoms with Crippen molar-refractivity contribution in [2.24, 2.45) is 0 Å². The molecule has 0 aromatic heterocycles. The zero-order chi connectivity index (χ0) is 10.9. The van der Waals surface area contributed by atoms with Crippen LogP contribution in [0.2, 0.25) is 0 Å². The Hall–Kier alpha value is -1.54. The number of nitro benzene ring substituents is 1. The van der Waals surface area contributed by atoms with Crippen LogP contribution >= 0.6 is 0 Å². The Balaban J connectivity index is 3.34. The van der Waals surface area contributed by atoms with Gasteiger partial charge in [-0.25, -0.2) is 0 Å². The molecule has 0 saturated carbocycles. The smallest absolute Gasteiger partial charge is 0.282 e. The van der Waals surface area contributed by atoms with Gasteiger partial charge in [-0.2, -0.15) is 12.8 Å². The van der Waals surface area contributed by atoms with Crippen LogP contribution in [0.15, 0.2) is 23.1 Å². The number of rotatable bonds is 2. The van der Waals surface area contributed by atoms with Gasteiger partial charge in [-0.1, -0.05) is 0 Å². The van der Waals surface area contributed by atoms with Crippen molar-refractivity contribution in [3.8, 4) is 0 Å². The fraction of sp³-hybridized carbons (Fsp3) is 0. The van der Waals surface area contributed by atoms with E-state index in [9.17, 15) is 22.9 Å². The second kappa shape index (κ2) is 3.31. The SMILES string of the molecule is O=[N+]([O-])c1ccc(S(=O)(=O)O)cc1F. The average Bonchev–Trinajstić information content (AvgIpc) is 2.01. The number of nitro groups is 1. The van der Waals surface area contributed by atoms with Gasteiger partial charge in [0.05, 0.1) is 9.82 Å². The minimum atomic E-state index is -4.53. The molecule has 0 aliphatic carbocycles. The molecule has 8 heteroatoms. The average molecular weight is 221 g/mol. The summed E-state index contributed by atoms with van der Waals surface area (Å²) in [7, 11) is -4.53. The Kier molecular flexibility index (Phi) is 2.49. The van der Waals surface area contributed by atoms with Crippen molar-refractivity contribution in [1.82, 2.24) is 0 Å². The lowest BCUT2D eigenvalue weighted by Crippen LogP contribution is -2.00. The van der Waals surface area contributed by atoms with Gasteiger partial charge in [0, 0.05) is 12.1 Å². The van der Waals surface area contributed by atoms with Crippen molar-refractivity contribution in [3.05, 3.63) is 34.1 Å². The minimum absolute atomic E-state index is 0.382. The largest absolute Gasteiger partial charge is 0.304 e. The molecule has 0 unspecified atom stereocenters. The fourth-order valence-electron chi connectivity index (χ4n) is 0.796. The molecular formula is C6H4FNO5S. The van der Waals surface area contributed by atoms with Crippen molar-refractivity contribution < 1.29 is 22.3 Å². The molecule has 0 amide bonds. The lowest BCUT2D eigenvalue weighted by Gasteiger charge is -1.97. The number of benzene rings is 1. The summed E-state index contributed by atoms with van der Waals surface area (Å²) in [6.07, 6.45) is 0. The molecule has 0 bridgehead atoms. The molecule has 1 rings (SSSR count). The van der Waals surface area contributed by atoms with Crippen molar-refractivity contribution in [3.63, 3.8) is 0 Å². The van der Waals surface area contributed by atoms with Gasteiger partial charge in [0.1, 0.15) is 0 Å². The zero-order valence-electron chi connectivity index (χ0n) is 6.55. The Bertz CT molecular complexity index is 483. The van der Waals surface area contributed by atoms with E-state index in [0.717, 1.165) is 6.07 Å². The molecule has 6 nitrogen and oxygen atoms in total. The van der Waals surface area contributed by atoms with Crippen LogP contribution in [-0.4, -0.2) is 17.9 Å². The van der Waals surface area contributed by atoms with E-state index in [-0.39, 0.29) is 0 Å². The summed E-state index contributed by atoms with van der Waals surface area (Å²) in [5, 5.41) is 10.1. The maximum Gasteiger partial charge on any atom is 0.304 e. The van der Waals surface area contributed by atoms with Gasteiger partial charge in [0.2, 0.25) is 5.82 Å². The molecular weight excluding hydrogens is 217 g/mol. The summed E-state index contributed by atoms with van der Waals surface area (Å²) in [6, 6.07) is 1.79. The molecule has 1 aromatic rings.